The molecule has 1 N–H and O–H groups in total. The summed E-state index contributed by atoms with van der Waals surface area (Å²) >= 11 is 0. The van der Waals surface area contributed by atoms with E-state index >= 15 is 0 Å². The molecule has 0 amide bonds. The van der Waals surface area contributed by atoms with Crippen LogP contribution in [-0.4, -0.2) is 10.0 Å². The summed E-state index contributed by atoms with van der Waals surface area (Å²) in [6.45, 7) is -0.903. The molecule has 0 spiro atoms. The molecule has 0 saturated carbocycles. The normalized spacial score (nSPS) is 10.1. The minimum Gasteiger partial charge on any atom is -0.391 e. The van der Waals surface area contributed by atoms with E-state index in [0.29, 0.717) is 6.07 Å². The Morgan fingerprint density at radius 1 is 1.38 bits per heavy atom. The predicted octanol–water partition coefficient (Wildman–Crippen LogP) is 1.37. The fourth-order valence-corrected chi connectivity index (χ4v) is 0.931. The predicted molar refractivity (Wildman–Crippen MR) is 38.9 cm³/mol. The van der Waals surface area contributed by atoms with Gasteiger partial charge in [0, 0.05) is 0 Å². The number of benzene rings is 1. The molecule has 0 saturated heterocycles. The van der Waals surface area contributed by atoms with Gasteiger partial charge in [-0.2, -0.15) is 4.39 Å². The highest BCUT2D eigenvalue weighted by Gasteiger charge is 2.22. The van der Waals surface area contributed by atoms with Crippen LogP contribution in [-0.2, 0) is 6.61 Å². The van der Waals surface area contributed by atoms with Crippen molar-refractivity contribution in [1.29, 1.82) is 0 Å². The average Bonchev–Trinajstić information content (AvgIpc) is 2.07. The number of hydrogen-bond acceptors (Lipinski definition) is 3. The maximum Gasteiger partial charge on any atom is 0.313 e. The van der Waals surface area contributed by atoms with Gasteiger partial charge < -0.3 is 5.11 Å². The molecule has 0 atom stereocenters. The maximum atomic E-state index is 12.8. The topological polar surface area (TPSA) is 63.4 Å². The Hall–Kier alpha value is -1.56. The zero-order valence-corrected chi connectivity index (χ0v) is 6.33. The summed E-state index contributed by atoms with van der Waals surface area (Å²) in [5.41, 5.74) is -1.65. The molecule has 6 heteroatoms. The van der Waals surface area contributed by atoms with E-state index in [2.05, 4.69) is 0 Å². The van der Waals surface area contributed by atoms with Gasteiger partial charge in [0.1, 0.15) is 5.82 Å². The first kappa shape index (κ1) is 9.53. The van der Waals surface area contributed by atoms with E-state index in [0.717, 1.165) is 6.07 Å². The fourth-order valence-electron chi connectivity index (χ4n) is 0.931. The number of hydrogen-bond donors (Lipinski definition) is 1. The van der Waals surface area contributed by atoms with E-state index in [9.17, 15) is 18.9 Å². The van der Waals surface area contributed by atoms with E-state index in [-0.39, 0.29) is 0 Å². The van der Waals surface area contributed by atoms with Gasteiger partial charge in [-0.3, -0.25) is 10.1 Å². The summed E-state index contributed by atoms with van der Waals surface area (Å²) in [4.78, 5) is 9.18. The first-order valence-corrected chi connectivity index (χ1v) is 3.30. The molecule has 0 fully saturated rings. The minimum absolute atomic E-state index is 0.634. The van der Waals surface area contributed by atoms with Gasteiger partial charge in [-0.25, -0.2) is 4.39 Å². The standard InChI is InChI=1S/C7H5F2NO3/c8-5-1-2-6(9)7(10(12)13)4(5)3-11/h1-2,11H,3H2. The Balaban J connectivity index is 3.43. The Morgan fingerprint density at radius 3 is 2.31 bits per heavy atom. The van der Waals surface area contributed by atoms with Crippen molar-refractivity contribution < 1.29 is 18.8 Å². The van der Waals surface area contributed by atoms with E-state index in [1.54, 1.807) is 0 Å². The van der Waals surface area contributed by atoms with Gasteiger partial charge in [0.05, 0.1) is 17.1 Å². The molecule has 1 rings (SSSR count). The highest BCUT2D eigenvalue weighted by Crippen LogP contribution is 2.24. The van der Waals surface area contributed by atoms with Crippen LogP contribution in [0, 0.1) is 21.7 Å². The molecule has 70 valence electrons. The number of aliphatic hydroxyl groups excluding tert-OH is 1. The monoisotopic (exact) mass is 189 g/mol. The van der Waals surface area contributed by atoms with Crippen molar-refractivity contribution in [2.24, 2.45) is 0 Å². The molecule has 1 aromatic carbocycles. The van der Waals surface area contributed by atoms with Crippen molar-refractivity contribution in [2.45, 2.75) is 6.61 Å². The lowest BCUT2D eigenvalue weighted by Crippen LogP contribution is -2.01. The SMILES string of the molecule is O=[N+]([O-])c1c(F)ccc(F)c1CO. The fraction of sp³-hybridized carbons (Fsp3) is 0.143. The number of nitro benzene ring substituents is 1. The van der Waals surface area contributed by atoms with Crippen molar-refractivity contribution in [3.05, 3.63) is 39.4 Å². The molecule has 0 radical (unpaired) electrons. The Labute approximate surface area is 71.6 Å². The number of nitrogens with zero attached hydrogens (tertiary/aromatic N) is 1. The molecule has 13 heavy (non-hydrogen) atoms. The molecule has 0 bridgehead atoms. The minimum atomic E-state index is -1.16. The van der Waals surface area contributed by atoms with Crippen molar-refractivity contribution in [3.8, 4) is 0 Å². The first-order chi connectivity index (χ1) is 6.07. The quantitative estimate of drug-likeness (QED) is 0.564. The maximum absolute atomic E-state index is 12.8. The average molecular weight is 189 g/mol. The molecule has 0 heterocycles. The van der Waals surface area contributed by atoms with Crippen LogP contribution in [0.15, 0.2) is 12.1 Å². The third-order valence-corrected chi connectivity index (χ3v) is 1.52. The Morgan fingerprint density at radius 2 is 1.92 bits per heavy atom. The zero-order chi connectivity index (χ0) is 10.0. The zero-order valence-electron chi connectivity index (χ0n) is 6.33. The van der Waals surface area contributed by atoms with E-state index in [1.165, 1.54) is 0 Å². The summed E-state index contributed by atoms with van der Waals surface area (Å²) in [7, 11) is 0. The molecule has 4 nitrogen and oxygen atoms in total. The second kappa shape index (κ2) is 3.44. The number of halogens is 2. The van der Waals surface area contributed by atoms with Crippen LogP contribution in [0.5, 0.6) is 0 Å². The molecule has 0 aromatic heterocycles. The number of nitro groups is 1. The van der Waals surface area contributed by atoms with Gasteiger partial charge in [-0.05, 0) is 12.1 Å². The van der Waals surface area contributed by atoms with E-state index < -0.39 is 34.4 Å². The van der Waals surface area contributed by atoms with Gasteiger partial charge in [0.15, 0.2) is 0 Å². The highest BCUT2D eigenvalue weighted by molar-refractivity contribution is 5.41. The van der Waals surface area contributed by atoms with E-state index in [4.69, 9.17) is 5.11 Å². The van der Waals surface area contributed by atoms with Crippen LogP contribution in [0.2, 0.25) is 0 Å². The summed E-state index contributed by atoms with van der Waals surface area (Å²) in [5.74, 6) is -2.15. The van der Waals surface area contributed by atoms with Crippen LogP contribution in [0.1, 0.15) is 5.56 Å². The van der Waals surface area contributed by atoms with Crippen LogP contribution in [0.25, 0.3) is 0 Å². The number of aliphatic hydroxyl groups is 1. The summed E-state index contributed by atoms with van der Waals surface area (Å²) in [6, 6.07) is 1.38. The summed E-state index contributed by atoms with van der Waals surface area (Å²) in [6.07, 6.45) is 0. The van der Waals surface area contributed by atoms with Gasteiger partial charge in [0.25, 0.3) is 0 Å². The van der Waals surface area contributed by atoms with Gasteiger partial charge in [-0.15, -0.1) is 0 Å². The lowest BCUT2D eigenvalue weighted by Gasteiger charge is -2.00. The van der Waals surface area contributed by atoms with Gasteiger partial charge >= 0.3 is 5.69 Å². The second-order valence-corrected chi connectivity index (χ2v) is 2.27. The van der Waals surface area contributed by atoms with Gasteiger partial charge in [-0.1, -0.05) is 0 Å². The smallest absolute Gasteiger partial charge is 0.313 e. The van der Waals surface area contributed by atoms with Crippen molar-refractivity contribution >= 4 is 5.69 Å². The van der Waals surface area contributed by atoms with Gasteiger partial charge in [0.2, 0.25) is 5.82 Å². The van der Waals surface area contributed by atoms with Crippen molar-refractivity contribution in [2.75, 3.05) is 0 Å². The van der Waals surface area contributed by atoms with Crippen LogP contribution in [0.3, 0.4) is 0 Å². The van der Waals surface area contributed by atoms with Crippen LogP contribution in [0.4, 0.5) is 14.5 Å². The molecular weight excluding hydrogens is 184 g/mol. The lowest BCUT2D eigenvalue weighted by atomic mass is 10.1. The highest BCUT2D eigenvalue weighted by atomic mass is 19.1. The second-order valence-electron chi connectivity index (χ2n) is 2.27. The summed E-state index contributed by atoms with van der Waals surface area (Å²) < 4.78 is 25.5. The third-order valence-electron chi connectivity index (χ3n) is 1.52. The van der Waals surface area contributed by atoms with E-state index in [1.807, 2.05) is 0 Å². The molecule has 0 unspecified atom stereocenters. The Bertz CT molecular complexity index is 354. The Kier molecular flexibility index (Phi) is 2.52. The molecular formula is C7H5F2NO3. The molecule has 0 aliphatic carbocycles. The van der Waals surface area contributed by atoms with Crippen molar-refractivity contribution in [3.63, 3.8) is 0 Å². The molecule has 0 aliphatic heterocycles. The lowest BCUT2D eigenvalue weighted by molar-refractivity contribution is -0.388. The van der Waals surface area contributed by atoms with Crippen molar-refractivity contribution in [1.82, 2.24) is 0 Å². The summed E-state index contributed by atoms with van der Waals surface area (Å²) in [5, 5.41) is 18.8. The largest absolute Gasteiger partial charge is 0.391 e. The first-order valence-electron chi connectivity index (χ1n) is 3.30. The molecule has 1 aromatic rings. The third kappa shape index (κ3) is 1.62. The molecule has 0 aliphatic rings. The van der Waals surface area contributed by atoms with Crippen LogP contribution >= 0.6 is 0 Å². The number of rotatable bonds is 2. The van der Waals surface area contributed by atoms with Crippen LogP contribution < -0.4 is 0 Å².